The lowest BCUT2D eigenvalue weighted by Gasteiger charge is -2.43. The summed E-state index contributed by atoms with van der Waals surface area (Å²) < 4.78 is 88.5. The number of alkyl carbamates (subject to hydrolysis) is 1. The van der Waals surface area contributed by atoms with Gasteiger partial charge in [0.25, 0.3) is 17.7 Å². The highest BCUT2D eigenvalue weighted by Gasteiger charge is 2.53. The van der Waals surface area contributed by atoms with Crippen molar-refractivity contribution in [1.29, 1.82) is 0 Å². The SMILES string of the molecule is COC1C[C@@H]2CC[C@@H](C)[C@@](O)(O2)C(=O)C(=O)N2CCCC[C@H]2C(=O)O[C@H]([C@H](C)C[C@@H]2CC[C@@H](OC(=O)NCCOCCOCCOCCOCCOCCOCCOCCOCCC(=O)N3CCc4cc(Cn5nc(-c6ccc7oc(N)nc7c6)c6c(N)ncnc65)ccc4C3)[C@H](OC)C2)C[C@@H](O)[C@H](C)/C=C(\C)[C@@H](O)C(OC)C(=O)[C@H](C)C[C@H](C)/C=C/C=C/C=C/1C. The predicted octanol–water partition coefficient (Wildman–Crippen LogP) is 8.97. The smallest absolute Gasteiger partial charge is 0.407 e. The first-order chi connectivity index (χ1) is 61.3. The van der Waals surface area contributed by atoms with E-state index in [0.717, 1.165) is 28.7 Å². The number of nitrogen functional groups attached to an aromatic ring is 2. The highest BCUT2D eigenvalue weighted by molar-refractivity contribution is 6.39. The molecule has 0 radical (unpaired) electrons. The fraction of sp³-hybridized carbons (Fsp3) is 0.656. The Labute approximate surface area is 744 Å². The lowest BCUT2D eigenvalue weighted by Crippen LogP contribution is -2.61. The Bertz CT molecular complexity index is 4460. The molecular weight excluding hydrogens is 1640 g/mol. The Morgan fingerprint density at radius 1 is 0.701 bits per heavy atom. The number of benzene rings is 2. The number of methoxy groups -OCH3 is 3. The van der Waals surface area contributed by atoms with Gasteiger partial charge in [-0.25, -0.2) is 24.2 Å². The van der Waals surface area contributed by atoms with Crippen LogP contribution in [0.3, 0.4) is 0 Å². The number of nitrogens with one attached hydrogen (secondary N) is 1. The second kappa shape index (κ2) is 51.1. The largest absolute Gasteiger partial charge is 0.460 e. The van der Waals surface area contributed by atoms with Gasteiger partial charge in [-0.3, -0.25) is 19.2 Å². The number of carbonyl (C=O) groups is 6. The van der Waals surface area contributed by atoms with Crippen LogP contribution in [0.5, 0.6) is 0 Å². The van der Waals surface area contributed by atoms with Crippen molar-refractivity contribution in [3.8, 4) is 11.3 Å². The second-order valence-corrected chi connectivity index (χ2v) is 34.1. The molecule has 4 aliphatic heterocycles. The molecule has 702 valence electrons. The Morgan fingerprint density at radius 3 is 2.05 bits per heavy atom. The molecule has 5 aliphatic rings. The summed E-state index contributed by atoms with van der Waals surface area (Å²) in [7, 11) is 4.52. The molecule has 34 heteroatoms. The predicted molar refractivity (Wildman–Crippen MR) is 471 cm³/mol. The number of carbonyl (C=O) groups excluding carboxylic acids is 6. The third-order valence-electron chi connectivity index (χ3n) is 24.7. The number of ketones is 2. The van der Waals surface area contributed by atoms with Crippen LogP contribution < -0.4 is 16.8 Å². The normalized spacial score (nSPS) is 27.6. The number of Topliss-reactive ketones (excluding diaryl/α,β-unsaturated/α-hetero) is 2. The number of nitrogens with two attached hydrogens (primary N) is 2. The molecule has 1 saturated carbocycles. The van der Waals surface area contributed by atoms with E-state index in [2.05, 4.69) is 38.5 Å². The molecule has 8 N–H and O–H groups in total. The summed E-state index contributed by atoms with van der Waals surface area (Å²) in [6, 6.07) is 10.7. The van der Waals surface area contributed by atoms with Crippen molar-refractivity contribution in [3.63, 3.8) is 0 Å². The minimum absolute atomic E-state index is 0.00472. The van der Waals surface area contributed by atoms with Crippen LogP contribution in [0.25, 0.3) is 33.4 Å². The van der Waals surface area contributed by atoms with Crippen molar-refractivity contribution < 1.29 is 115 Å². The zero-order chi connectivity index (χ0) is 90.9. The molecule has 3 amide bonds. The molecule has 1 aliphatic carbocycles. The number of anilines is 2. The summed E-state index contributed by atoms with van der Waals surface area (Å²) in [5.74, 6) is -7.56. The van der Waals surface area contributed by atoms with Gasteiger partial charge in [-0.1, -0.05) is 89.3 Å². The molecule has 0 spiro atoms. The van der Waals surface area contributed by atoms with E-state index >= 15 is 0 Å². The summed E-state index contributed by atoms with van der Waals surface area (Å²) in [5, 5.41) is 44.2. The van der Waals surface area contributed by atoms with Gasteiger partial charge in [-0.05, 0) is 148 Å². The zero-order valence-corrected chi connectivity index (χ0v) is 75.6. The van der Waals surface area contributed by atoms with Crippen LogP contribution in [0.1, 0.15) is 149 Å². The molecule has 2 aromatic carbocycles. The quantitative estimate of drug-likeness (QED) is 0.00934. The zero-order valence-electron chi connectivity index (χ0n) is 75.6. The van der Waals surface area contributed by atoms with Crippen LogP contribution >= 0.6 is 0 Å². The van der Waals surface area contributed by atoms with Gasteiger partial charge < -0.3 is 113 Å². The summed E-state index contributed by atoms with van der Waals surface area (Å²) in [6.07, 6.45) is 11.4. The Hall–Kier alpha value is -8.56. The molecule has 2 bridgehead atoms. The number of esters is 1. The maximum absolute atomic E-state index is 14.8. The van der Waals surface area contributed by atoms with Crippen LogP contribution in [0.2, 0.25) is 0 Å². The van der Waals surface area contributed by atoms with E-state index in [0.29, 0.717) is 222 Å². The average molecular weight is 1780 g/mol. The third-order valence-corrected chi connectivity index (χ3v) is 24.7. The van der Waals surface area contributed by atoms with Crippen molar-refractivity contribution in [2.45, 2.75) is 212 Å². The number of rotatable bonds is 37. The molecule has 16 atom stereocenters. The second-order valence-electron chi connectivity index (χ2n) is 34.1. The molecular formula is C93H136N10O24. The topological polar surface area (TPSA) is 433 Å². The number of hydrogen-bond donors (Lipinski definition) is 6. The number of hydrogen-bond acceptors (Lipinski definition) is 30. The van der Waals surface area contributed by atoms with Crippen LogP contribution in [0.15, 0.2) is 94.7 Å². The van der Waals surface area contributed by atoms with Gasteiger partial charge in [-0.2, -0.15) is 10.1 Å². The maximum Gasteiger partial charge on any atom is 0.407 e. The van der Waals surface area contributed by atoms with Crippen molar-refractivity contribution in [3.05, 3.63) is 107 Å². The monoisotopic (exact) mass is 1780 g/mol. The summed E-state index contributed by atoms with van der Waals surface area (Å²) >= 11 is 0. The molecule has 2 unspecified atom stereocenters. The molecule has 127 heavy (non-hydrogen) atoms. The summed E-state index contributed by atoms with van der Waals surface area (Å²) in [5.41, 5.74) is 20.0. The van der Waals surface area contributed by atoms with Crippen molar-refractivity contribution in [2.75, 3.05) is 158 Å². The minimum Gasteiger partial charge on any atom is -0.460 e. The van der Waals surface area contributed by atoms with Crippen molar-refractivity contribution in [2.24, 2.45) is 35.5 Å². The number of aliphatic hydroxyl groups excluding tert-OH is 2. The first-order valence-corrected chi connectivity index (χ1v) is 45.0. The maximum atomic E-state index is 14.8. The summed E-state index contributed by atoms with van der Waals surface area (Å²) in [4.78, 5) is 100. The molecule has 7 heterocycles. The lowest BCUT2D eigenvalue weighted by atomic mass is 9.78. The van der Waals surface area contributed by atoms with Gasteiger partial charge in [0.1, 0.15) is 53.8 Å². The van der Waals surface area contributed by atoms with Gasteiger partial charge >= 0.3 is 12.1 Å². The Balaban J connectivity index is 0.552. The van der Waals surface area contributed by atoms with Crippen molar-refractivity contribution in [1.82, 2.24) is 39.8 Å². The van der Waals surface area contributed by atoms with Gasteiger partial charge in [0.15, 0.2) is 17.0 Å². The van der Waals surface area contributed by atoms with E-state index < -0.39 is 102 Å². The number of amides is 3. The number of ether oxygens (including phenoxy) is 14. The van der Waals surface area contributed by atoms with E-state index in [9.17, 15) is 44.1 Å². The number of piperidine rings is 1. The average Bonchev–Trinajstić information content (AvgIpc) is 1.71. The highest BCUT2D eigenvalue weighted by atomic mass is 16.6. The third kappa shape index (κ3) is 29.5. The summed E-state index contributed by atoms with van der Waals surface area (Å²) in [6.45, 7) is 20.5. The first-order valence-electron chi connectivity index (χ1n) is 45.0. The van der Waals surface area contributed by atoms with E-state index in [1.807, 2.05) is 79.8 Å². The van der Waals surface area contributed by atoms with Crippen molar-refractivity contribution >= 4 is 69.4 Å². The van der Waals surface area contributed by atoms with E-state index in [1.165, 1.54) is 23.9 Å². The van der Waals surface area contributed by atoms with E-state index in [1.54, 1.807) is 47.1 Å². The number of oxazole rings is 1. The number of fused-ring (bicyclic) bond motifs is 6. The van der Waals surface area contributed by atoms with Crippen LogP contribution in [-0.4, -0.2) is 293 Å². The van der Waals surface area contributed by atoms with Gasteiger partial charge in [0, 0.05) is 83.7 Å². The number of aromatic nitrogens is 5. The number of cyclic esters (lactones) is 1. The fourth-order valence-electron chi connectivity index (χ4n) is 17.3. The van der Waals surface area contributed by atoms with Gasteiger partial charge in [0.2, 0.25) is 11.7 Å². The number of allylic oxidation sites excluding steroid dienone is 5. The fourth-order valence-corrected chi connectivity index (χ4v) is 17.3. The minimum atomic E-state index is -2.47. The molecule has 5 aromatic rings. The van der Waals surface area contributed by atoms with Crippen LogP contribution in [-0.2, 0) is 110 Å². The van der Waals surface area contributed by atoms with Gasteiger partial charge in [0.05, 0.1) is 148 Å². The molecule has 10 rings (SSSR count). The molecule has 3 fully saturated rings. The lowest BCUT2D eigenvalue weighted by molar-refractivity contribution is -0.265. The molecule has 3 aromatic heterocycles. The van der Waals surface area contributed by atoms with Gasteiger partial charge in [-0.15, -0.1) is 0 Å². The van der Waals surface area contributed by atoms with E-state index in [4.69, 9.17) is 87.3 Å². The Morgan fingerprint density at radius 2 is 1.38 bits per heavy atom. The number of nitrogens with zero attached hydrogens (tertiary/aromatic N) is 7. The van der Waals surface area contributed by atoms with Crippen LogP contribution in [0, 0.1) is 35.5 Å². The standard InChI is InChI=1S/C93H136N10O24/c1-59-16-12-11-13-17-60(2)77(113-8)54-71-24-19-65(7)93(112,127-71)86(108)89(109)102-30-15-14-18-73(102)90(110)124-78(55-74(104)61(3)49-64(6)84(107)85(115-10)83(106)63(5)48-59)62(4)50-66-21-25-76(79(52-66)114-9)126-92(111)96-29-33-117-35-37-119-39-41-121-43-45-123-47-46-122-44-42-120-40-38-118-36-34-116-32-28-80(105)101-31-27-68-51-67(20-22-70(68)57-101)56-103-88-81(87(94)97-58-98-88)82(100-103)69-23-26-75-72(53-69)99-91(95)125-75/h11-13,16-17,20,22-23,26,49,51,53,58-59,61-63,65-66,71,73-74,76-79,84-85,104,107,112H,14-15,18-19,21,24-25,27-48,50,52,54-57H2,1-10H3,(H2,95,99)(H,96,111)(H2,94,97,98)/b13-11+,16-12+,60-17+,64-49+/t59-,61-,62-,63-,65-,66+,71+,73+,74-,76-,77?,78+,79-,84-,85?,93-/m1/s1. The highest BCUT2D eigenvalue weighted by Crippen LogP contribution is 2.40. The first kappa shape index (κ1) is 101. The number of aliphatic hydroxyl groups is 3. The van der Waals surface area contributed by atoms with Crippen LogP contribution in [0.4, 0.5) is 16.6 Å². The molecule has 34 nitrogen and oxygen atoms in total. The van der Waals surface area contributed by atoms with E-state index in [-0.39, 0.29) is 74.4 Å². The Kier molecular flexibility index (Phi) is 40.5. The molecule has 2 saturated heterocycles.